The number of rotatable bonds is 6. The molecule has 0 aliphatic heterocycles. The van der Waals surface area contributed by atoms with Gasteiger partial charge in [-0.3, -0.25) is 9.59 Å². The topological polar surface area (TPSA) is 92.4 Å². The van der Waals surface area contributed by atoms with Crippen molar-refractivity contribution in [1.82, 2.24) is 10.5 Å². The summed E-state index contributed by atoms with van der Waals surface area (Å²) in [6, 6.07) is 7.91. The molecule has 3 rings (SSSR count). The van der Waals surface area contributed by atoms with Crippen molar-refractivity contribution in [3.63, 3.8) is 0 Å². The number of nitrogens with zero attached hydrogens (tertiary/aromatic N) is 1. The van der Waals surface area contributed by atoms with Crippen molar-refractivity contribution in [2.24, 2.45) is 0 Å². The third kappa shape index (κ3) is 4.37. The van der Waals surface area contributed by atoms with Crippen LogP contribution in [0.5, 0.6) is 0 Å². The quantitative estimate of drug-likeness (QED) is 0.670. The highest BCUT2D eigenvalue weighted by Crippen LogP contribution is 2.24. The minimum atomic E-state index is -1.29. The van der Waals surface area contributed by atoms with Crippen molar-refractivity contribution in [2.45, 2.75) is 12.5 Å². The van der Waals surface area contributed by atoms with Crippen molar-refractivity contribution in [2.75, 3.05) is 0 Å². The SMILES string of the molecule is O=C(O)C[C@H](NC(=O)c1cc(-c2ccc(F)cc2)on1)c1ccc(F)cc1F. The summed E-state index contributed by atoms with van der Waals surface area (Å²) < 4.78 is 45.1. The standard InChI is InChI=1S/C19H13F3N2O4/c20-11-3-1-10(2-4-11)17-8-16(24-28-17)19(27)23-15(9-18(25)26)13-6-5-12(21)7-14(13)22/h1-8,15H,9H2,(H,23,27)(H,25,26)/t15-/m0/s1. The van der Waals surface area contributed by atoms with Gasteiger partial charge in [0, 0.05) is 23.3 Å². The van der Waals surface area contributed by atoms with Crippen LogP contribution in [0.15, 0.2) is 53.1 Å². The fourth-order valence-electron chi connectivity index (χ4n) is 2.56. The molecular weight excluding hydrogens is 377 g/mol. The first-order valence-electron chi connectivity index (χ1n) is 8.04. The number of carbonyl (C=O) groups is 2. The second kappa shape index (κ2) is 7.95. The molecule has 144 valence electrons. The van der Waals surface area contributed by atoms with Gasteiger partial charge in [0.15, 0.2) is 11.5 Å². The van der Waals surface area contributed by atoms with E-state index in [4.69, 9.17) is 9.63 Å². The zero-order chi connectivity index (χ0) is 20.3. The molecule has 6 nitrogen and oxygen atoms in total. The van der Waals surface area contributed by atoms with Gasteiger partial charge in [-0.05, 0) is 30.3 Å². The van der Waals surface area contributed by atoms with Gasteiger partial charge in [-0.2, -0.15) is 0 Å². The summed E-state index contributed by atoms with van der Waals surface area (Å²) >= 11 is 0. The maximum absolute atomic E-state index is 14.0. The summed E-state index contributed by atoms with van der Waals surface area (Å²) in [5.74, 6) is -4.18. The lowest BCUT2D eigenvalue weighted by Crippen LogP contribution is -2.31. The van der Waals surface area contributed by atoms with Gasteiger partial charge < -0.3 is 14.9 Å². The fraction of sp³-hybridized carbons (Fsp3) is 0.105. The fourth-order valence-corrected chi connectivity index (χ4v) is 2.56. The number of carboxylic acid groups (broad SMARTS) is 1. The van der Waals surface area contributed by atoms with Crippen LogP contribution < -0.4 is 5.32 Å². The predicted octanol–water partition coefficient (Wildman–Crippen LogP) is 3.70. The summed E-state index contributed by atoms with van der Waals surface area (Å²) in [7, 11) is 0. The molecule has 1 aromatic heterocycles. The molecule has 0 saturated heterocycles. The van der Waals surface area contributed by atoms with E-state index in [2.05, 4.69) is 10.5 Å². The molecule has 0 spiro atoms. The number of nitrogens with one attached hydrogen (secondary N) is 1. The molecule has 0 saturated carbocycles. The average molecular weight is 390 g/mol. The highest BCUT2D eigenvalue weighted by molar-refractivity contribution is 5.93. The first kappa shape index (κ1) is 19.2. The summed E-state index contributed by atoms with van der Waals surface area (Å²) in [5, 5.41) is 15.0. The van der Waals surface area contributed by atoms with E-state index in [1.54, 1.807) is 0 Å². The molecule has 0 radical (unpaired) electrons. The van der Waals surface area contributed by atoms with Gasteiger partial charge in [0.2, 0.25) is 0 Å². The van der Waals surface area contributed by atoms with Crippen LogP contribution in [-0.2, 0) is 4.79 Å². The Hall–Kier alpha value is -3.62. The van der Waals surface area contributed by atoms with Crippen molar-refractivity contribution in [3.05, 3.63) is 77.2 Å². The van der Waals surface area contributed by atoms with Crippen LogP contribution in [0.3, 0.4) is 0 Å². The van der Waals surface area contributed by atoms with Crippen LogP contribution in [0.2, 0.25) is 0 Å². The molecule has 0 bridgehead atoms. The minimum absolute atomic E-state index is 0.181. The maximum atomic E-state index is 14.0. The number of carbonyl (C=O) groups excluding carboxylic acids is 1. The third-order valence-corrected chi connectivity index (χ3v) is 3.89. The number of carboxylic acids is 1. The zero-order valence-corrected chi connectivity index (χ0v) is 14.2. The largest absolute Gasteiger partial charge is 0.481 e. The van der Waals surface area contributed by atoms with Crippen LogP contribution in [0.4, 0.5) is 13.2 Å². The first-order valence-corrected chi connectivity index (χ1v) is 8.04. The second-order valence-corrected chi connectivity index (χ2v) is 5.87. The van der Waals surface area contributed by atoms with E-state index in [0.717, 1.165) is 12.1 Å². The predicted molar refractivity (Wildman–Crippen MR) is 90.7 cm³/mol. The number of hydrogen-bond donors (Lipinski definition) is 2. The normalized spacial score (nSPS) is 11.8. The molecule has 9 heteroatoms. The van der Waals surface area contributed by atoms with Crippen LogP contribution in [0, 0.1) is 17.5 Å². The van der Waals surface area contributed by atoms with Crippen molar-refractivity contribution in [3.8, 4) is 11.3 Å². The Morgan fingerprint density at radius 3 is 2.36 bits per heavy atom. The molecule has 2 N–H and O–H groups in total. The van der Waals surface area contributed by atoms with Gasteiger partial charge in [0.25, 0.3) is 5.91 Å². The van der Waals surface area contributed by atoms with Gasteiger partial charge in [-0.25, -0.2) is 13.2 Å². The Bertz CT molecular complexity index is 1020. The number of aliphatic carboxylic acids is 1. The summed E-state index contributed by atoms with van der Waals surface area (Å²) in [6.07, 6.45) is -0.628. The highest BCUT2D eigenvalue weighted by Gasteiger charge is 2.24. The van der Waals surface area contributed by atoms with E-state index in [1.165, 1.54) is 30.3 Å². The molecule has 0 aliphatic rings. The average Bonchev–Trinajstić information content (AvgIpc) is 3.11. The third-order valence-electron chi connectivity index (χ3n) is 3.89. The van der Waals surface area contributed by atoms with Crippen molar-refractivity contribution >= 4 is 11.9 Å². The Morgan fingerprint density at radius 2 is 1.71 bits per heavy atom. The number of halogens is 3. The van der Waals surface area contributed by atoms with E-state index in [0.29, 0.717) is 11.6 Å². The van der Waals surface area contributed by atoms with Gasteiger partial charge >= 0.3 is 5.97 Å². The lowest BCUT2D eigenvalue weighted by Gasteiger charge is -2.17. The van der Waals surface area contributed by atoms with E-state index >= 15 is 0 Å². The second-order valence-electron chi connectivity index (χ2n) is 5.87. The molecule has 3 aromatic rings. The van der Waals surface area contributed by atoms with E-state index in [-0.39, 0.29) is 17.0 Å². The lowest BCUT2D eigenvalue weighted by atomic mass is 10.0. The summed E-state index contributed by atoms with van der Waals surface area (Å²) in [5.41, 5.74) is 0.108. The molecule has 0 unspecified atom stereocenters. The molecule has 0 fully saturated rings. The van der Waals surface area contributed by atoms with Crippen LogP contribution >= 0.6 is 0 Å². The van der Waals surface area contributed by atoms with Gasteiger partial charge in [0.05, 0.1) is 12.5 Å². The van der Waals surface area contributed by atoms with E-state index in [1.807, 2.05) is 0 Å². The van der Waals surface area contributed by atoms with E-state index in [9.17, 15) is 22.8 Å². The Labute approximate surface area is 156 Å². The Kier molecular flexibility index (Phi) is 5.44. The van der Waals surface area contributed by atoms with Crippen LogP contribution in [0.25, 0.3) is 11.3 Å². The molecule has 2 aromatic carbocycles. The Morgan fingerprint density at radius 1 is 1.04 bits per heavy atom. The summed E-state index contributed by atoms with van der Waals surface area (Å²) in [6.45, 7) is 0. The maximum Gasteiger partial charge on any atom is 0.305 e. The molecule has 28 heavy (non-hydrogen) atoms. The van der Waals surface area contributed by atoms with Crippen molar-refractivity contribution < 1.29 is 32.4 Å². The first-order chi connectivity index (χ1) is 13.3. The Balaban J connectivity index is 1.82. The van der Waals surface area contributed by atoms with E-state index < -0.39 is 41.8 Å². The smallest absolute Gasteiger partial charge is 0.305 e. The number of amides is 1. The summed E-state index contributed by atoms with van der Waals surface area (Å²) in [4.78, 5) is 23.5. The molecule has 0 aliphatic carbocycles. The molecule has 1 atom stereocenters. The van der Waals surface area contributed by atoms with Crippen LogP contribution in [-0.4, -0.2) is 22.1 Å². The van der Waals surface area contributed by atoms with Gasteiger partial charge in [-0.1, -0.05) is 11.2 Å². The zero-order valence-electron chi connectivity index (χ0n) is 14.2. The van der Waals surface area contributed by atoms with Gasteiger partial charge in [-0.15, -0.1) is 0 Å². The molecule has 1 amide bonds. The molecular formula is C19H13F3N2O4. The molecule has 1 heterocycles. The minimum Gasteiger partial charge on any atom is -0.481 e. The highest BCUT2D eigenvalue weighted by atomic mass is 19.1. The monoisotopic (exact) mass is 390 g/mol. The van der Waals surface area contributed by atoms with Crippen molar-refractivity contribution in [1.29, 1.82) is 0 Å². The van der Waals surface area contributed by atoms with Crippen LogP contribution in [0.1, 0.15) is 28.5 Å². The van der Waals surface area contributed by atoms with Gasteiger partial charge in [0.1, 0.15) is 17.5 Å². The number of aromatic nitrogens is 1. The lowest BCUT2D eigenvalue weighted by molar-refractivity contribution is -0.137. The number of benzene rings is 2. The number of hydrogen-bond acceptors (Lipinski definition) is 4.